The topological polar surface area (TPSA) is 51.2 Å². The van der Waals surface area contributed by atoms with Crippen LogP contribution in [0.5, 0.6) is 0 Å². The van der Waals surface area contributed by atoms with Gasteiger partial charge >= 0.3 is 0 Å². The van der Waals surface area contributed by atoms with Gasteiger partial charge in [-0.1, -0.05) is 0 Å². The molecule has 3 unspecified atom stereocenters. The molecule has 0 radical (unpaired) electrons. The molecule has 2 rings (SSSR count). The van der Waals surface area contributed by atoms with Gasteiger partial charge in [0.25, 0.3) is 0 Å². The van der Waals surface area contributed by atoms with Crippen LogP contribution in [0.15, 0.2) is 0 Å². The third kappa shape index (κ3) is 4.89. The number of nitrogens with zero attached hydrogens (tertiary/aromatic N) is 1. The molecule has 1 N–H and O–H groups in total. The summed E-state index contributed by atoms with van der Waals surface area (Å²) in [5.74, 6) is 0. The van der Waals surface area contributed by atoms with Gasteiger partial charge in [-0.25, -0.2) is 0 Å². The molecule has 0 bridgehead atoms. The monoisotopic (exact) mass is 301 g/mol. The van der Waals surface area contributed by atoms with Crippen molar-refractivity contribution in [3.05, 3.63) is 0 Å². The summed E-state index contributed by atoms with van der Waals surface area (Å²) in [6.07, 6.45) is 5.22. The van der Waals surface area contributed by atoms with E-state index in [0.717, 1.165) is 38.7 Å². The molecule has 0 aromatic heterocycles. The van der Waals surface area contributed by atoms with E-state index in [0.29, 0.717) is 12.5 Å². The summed E-state index contributed by atoms with van der Waals surface area (Å²) in [5, 5.41) is 9.86. The fraction of sp³-hybridized carbons (Fsp3) is 1.00. The van der Waals surface area contributed by atoms with E-state index in [4.69, 9.17) is 14.2 Å². The van der Waals surface area contributed by atoms with Crippen LogP contribution >= 0.6 is 0 Å². The summed E-state index contributed by atoms with van der Waals surface area (Å²) < 4.78 is 17.1. The second-order valence-electron chi connectivity index (χ2n) is 6.98. The van der Waals surface area contributed by atoms with Crippen LogP contribution in [-0.2, 0) is 14.2 Å². The highest BCUT2D eigenvalue weighted by molar-refractivity contribution is 4.85. The van der Waals surface area contributed by atoms with Crippen LogP contribution in [0.3, 0.4) is 0 Å². The third-order valence-corrected chi connectivity index (χ3v) is 5.04. The molecule has 0 amide bonds. The van der Waals surface area contributed by atoms with Crippen molar-refractivity contribution >= 4 is 0 Å². The highest BCUT2D eigenvalue weighted by Crippen LogP contribution is 2.31. The zero-order valence-corrected chi connectivity index (χ0v) is 13.9. The Morgan fingerprint density at radius 3 is 2.62 bits per heavy atom. The Bertz CT molecular complexity index is 325. The maximum Gasteiger partial charge on any atom is 0.156 e. The van der Waals surface area contributed by atoms with E-state index in [9.17, 15) is 5.11 Å². The maximum absolute atomic E-state index is 9.86. The molecule has 0 aromatic rings. The van der Waals surface area contributed by atoms with E-state index < -0.39 is 6.29 Å². The van der Waals surface area contributed by atoms with Crippen LogP contribution in [0.1, 0.15) is 45.4 Å². The van der Waals surface area contributed by atoms with E-state index in [1.165, 1.54) is 0 Å². The molecule has 2 saturated heterocycles. The second-order valence-corrected chi connectivity index (χ2v) is 6.98. The van der Waals surface area contributed by atoms with Crippen LogP contribution < -0.4 is 0 Å². The number of aliphatic hydroxyl groups is 1. The SMILES string of the molecule is CO[C@]1(C)CCOC(CCC2CC(N(C)C)C[C@H](O)O2)C1. The minimum atomic E-state index is -0.632. The van der Waals surface area contributed by atoms with Crippen LogP contribution in [0.2, 0.25) is 0 Å². The Morgan fingerprint density at radius 1 is 1.24 bits per heavy atom. The zero-order chi connectivity index (χ0) is 15.5. The maximum atomic E-state index is 9.86. The molecule has 2 heterocycles. The summed E-state index contributed by atoms with van der Waals surface area (Å²) in [7, 11) is 5.91. The second kappa shape index (κ2) is 7.38. The van der Waals surface area contributed by atoms with E-state index in [2.05, 4.69) is 25.9 Å². The minimum absolute atomic E-state index is 0.0535. The lowest BCUT2D eigenvalue weighted by molar-refractivity contribution is -0.183. The van der Waals surface area contributed by atoms with Crippen LogP contribution in [0, 0.1) is 0 Å². The van der Waals surface area contributed by atoms with Gasteiger partial charge in [-0.05, 0) is 46.7 Å². The quantitative estimate of drug-likeness (QED) is 0.839. The van der Waals surface area contributed by atoms with Crippen LogP contribution in [0.4, 0.5) is 0 Å². The number of rotatable bonds is 5. The van der Waals surface area contributed by atoms with Crippen molar-refractivity contribution in [2.24, 2.45) is 0 Å². The molecule has 2 fully saturated rings. The minimum Gasteiger partial charge on any atom is -0.378 e. The van der Waals surface area contributed by atoms with E-state index in [-0.39, 0.29) is 17.8 Å². The lowest BCUT2D eigenvalue weighted by Crippen LogP contribution is -2.43. The molecule has 2 aliphatic heterocycles. The Hall–Kier alpha value is -0.200. The average Bonchev–Trinajstić information content (AvgIpc) is 2.45. The molecule has 2 aliphatic rings. The molecule has 5 heteroatoms. The molecular weight excluding hydrogens is 270 g/mol. The summed E-state index contributed by atoms with van der Waals surface area (Å²) >= 11 is 0. The van der Waals surface area contributed by atoms with Gasteiger partial charge in [0.2, 0.25) is 0 Å². The van der Waals surface area contributed by atoms with Gasteiger partial charge in [0, 0.05) is 32.6 Å². The van der Waals surface area contributed by atoms with E-state index in [1.807, 2.05) is 0 Å². The first-order valence-corrected chi connectivity index (χ1v) is 8.08. The van der Waals surface area contributed by atoms with Gasteiger partial charge in [0.05, 0.1) is 17.8 Å². The van der Waals surface area contributed by atoms with E-state index >= 15 is 0 Å². The molecule has 0 saturated carbocycles. The molecule has 0 aliphatic carbocycles. The summed E-state index contributed by atoms with van der Waals surface area (Å²) in [5.41, 5.74) is -0.0535. The van der Waals surface area contributed by atoms with Gasteiger partial charge < -0.3 is 24.2 Å². The number of hydrogen-bond acceptors (Lipinski definition) is 5. The van der Waals surface area contributed by atoms with Crippen molar-refractivity contribution in [2.75, 3.05) is 27.8 Å². The standard InChI is InChI=1S/C16H31NO4/c1-16(19-4)7-8-20-14(11-16)6-5-13-9-12(17(2)3)10-15(18)21-13/h12-15,18H,5-11H2,1-4H3/t12?,13?,14?,15-,16-/m1/s1. The first kappa shape index (κ1) is 17.2. The molecule has 0 aromatic carbocycles. The van der Waals surface area contributed by atoms with Gasteiger partial charge in [-0.15, -0.1) is 0 Å². The molecule has 0 spiro atoms. The van der Waals surface area contributed by atoms with Crippen molar-refractivity contribution in [1.29, 1.82) is 0 Å². The molecule has 5 nitrogen and oxygen atoms in total. The lowest BCUT2D eigenvalue weighted by Gasteiger charge is -2.39. The third-order valence-electron chi connectivity index (χ3n) is 5.04. The summed E-state index contributed by atoms with van der Waals surface area (Å²) in [6, 6.07) is 0.398. The van der Waals surface area contributed by atoms with Gasteiger partial charge in [-0.3, -0.25) is 0 Å². The van der Waals surface area contributed by atoms with Gasteiger partial charge in [0.15, 0.2) is 6.29 Å². The normalized spacial score (nSPS) is 41.4. The fourth-order valence-electron chi connectivity index (χ4n) is 3.40. The van der Waals surface area contributed by atoms with Gasteiger partial charge in [0.1, 0.15) is 0 Å². The highest BCUT2D eigenvalue weighted by Gasteiger charge is 2.34. The Morgan fingerprint density at radius 2 is 1.95 bits per heavy atom. The number of ether oxygens (including phenoxy) is 3. The molecular formula is C16H31NO4. The molecule has 124 valence electrons. The first-order valence-electron chi connectivity index (χ1n) is 8.08. The Labute approximate surface area is 128 Å². The van der Waals surface area contributed by atoms with E-state index in [1.54, 1.807) is 7.11 Å². The zero-order valence-electron chi connectivity index (χ0n) is 13.9. The number of methoxy groups -OCH3 is 1. The molecule has 5 atom stereocenters. The largest absolute Gasteiger partial charge is 0.378 e. The predicted molar refractivity (Wildman–Crippen MR) is 81.2 cm³/mol. The Kier molecular flexibility index (Phi) is 6.03. The predicted octanol–water partition coefficient (Wildman–Crippen LogP) is 1.78. The first-order chi connectivity index (χ1) is 9.92. The van der Waals surface area contributed by atoms with Crippen molar-refractivity contribution < 1.29 is 19.3 Å². The average molecular weight is 301 g/mol. The summed E-state index contributed by atoms with van der Waals surface area (Å²) in [4.78, 5) is 2.18. The van der Waals surface area contributed by atoms with Crippen LogP contribution in [0.25, 0.3) is 0 Å². The smallest absolute Gasteiger partial charge is 0.156 e. The fourth-order valence-corrected chi connectivity index (χ4v) is 3.40. The number of aliphatic hydroxyl groups excluding tert-OH is 1. The van der Waals surface area contributed by atoms with Crippen molar-refractivity contribution in [2.45, 2.75) is 75.6 Å². The van der Waals surface area contributed by atoms with Crippen molar-refractivity contribution in [1.82, 2.24) is 4.90 Å². The lowest BCUT2D eigenvalue weighted by atomic mass is 9.89. The summed E-state index contributed by atoms with van der Waals surface area (Å²) in [6.45, 7) is 2.93. The van der Waals surface area contributed by atoms with Gasteiger partial charge in [-0.2, -0.15) is 0 Å². The number of hydrogen-bond donors (Lipinski definition) is 1. The van der Waals surface area contributed by atoms with Crippen molar-refractivity contribution in [3.8, 4) is 0 Å². The Balaban J connectivity index is 1.79. The molecule has 21 heavy (non-hydrogen) atoms. The highest BCUT2D eigenvalue weighted by atomic mass is 16.6. The van der Waals surface area contributed by atoms with Crippen LogP contribution in [-0.4, -0.2) is 68.0 Å². The van der Waals surface area contributed by atoms with Crippen molar-refractivity contribution in [3.63, 3.8) is 0 Å².